The van der Waals surface area contributed by atoms with Crippen molar-refractivity contribution in [2.75, 3.05) is 11.9 Å². The van der Waals surface area contributed by atoms with E-state index in [-0.39, 0.29) is 5.69 Å². The first-order chi connectivity index (χ1) is 9.08. The van der Waals surface area contributed by atoms with Crippen molar-refractivity contribution in [1.82, 2.24) is 15.0 Å². The van der Waals surface area contributed by atoms with Gasteiger partial charge in [0.2, 0.25) is 0 Å². The number of aromatic carboxylic acids is 1. The Morgan fingerprint density at radius 2 is 2.21 bits per heavy atom. The van der Waals surface area contributed by atoms with Gasteiger partial charge in [0.1, 0.15) is 0 Å². The molecule has 0 aliphatic rings. The minimum Gasteiger partial charge on any atom is -0.476 e. The molecule has 0 saturated carbocycles. The van der Waals surface area contributed by atoms with E-state index in [1.54, 1.807) is 18.2 Å². The van der Waals surface area contributed by atoms with Gasteiger partial charge in [0, 0.05) is 6.54 Å². The van der Waals surface area contributed by atoms with Gasteiger partial charge < -0.3 is 10.4 Å². The number of nitrogens with one attached hydrogen (secondary N) is 1. The minimum absolute atomic E-state index is 0.0826. The second kappa shape index (κ2) is 5.90. The van der Waals surface area contributed by atoms with Crippen molar-refractivity contribution in [2.24, 2.45) is 0 Å². The summed E-state index contributed by atoms with van der Waals surface area (Å²) in [5, 5.41) is 19.9. The number of benzene rings is 1. The second-order valence-electron chi connectivity index (χ2n) is 3.70. The molecule has 0 bridgehead atoms. The SMILES string of the molecule is O=C(O)c1cn(CCNc2cccc(Cl)c2Cl)nn1. The molecule has 2 N–H and O–H groups in total. The maximum atomic E-state index is 10.6. The van der Waals surface area contributed by atoms with Gasteiger partial charge in [0.25, 0.3) is 0 Å². The fraction of sp³-hybridized carbons (Fsp3) is 0.182. The third-order valence-electron chi connectivity index (χ3n) is 2.37. The van der Waals surface area contributed by atoms with Crippen molar-refractivity contribution in [2.45, 2.75) is 6.54 Å². The van der Waals surface area contributed by atoms with Gasteiger partial charge in [-0.2, -0.15) is 0 Å². The largest absolute Gasteiger partial charge is 0.476 e. The van der Waals surface area contributed by atoms with Crippen LogP contribution >= 0.6 is 23.2 Å². The molecule has 0 radical (unpaired) electrons. The Hall–Kier alpha value is -1.79. The molecule has 2 aromatic rings. The van der Waals surface area contributed by atoms with Gasteiger partial charge in [0.05, 0.1) is 28.5 Å². The van der Waals surface area contributed by atoms with Crippen molar-refractivity contribution in [1.29, 1.82) is 0 Å². The molecule has 1 aromatic carbocycles. The number of halogens is 2. The smallest absolute Gasteiger partial charge is 0.358 e. The van der Waals surface area contributed by atoms with E-state index in [9.17, 15) is 4.79 Å². The Kier molecular flexibility index (Phi) is 4.24. The summed E-state index contributed by atoms with van der Waals surface area (Å²) < 4.78 is 1.44. The highest BCUT2D eigenvalue weighted by Crippen LogP contribution is 2.29. The van der Waals surface area contributed by atoms with Gasteiger partial charge in [-0.05, 0) is 12.1 Å². The summed E-state index contributed by atoms with van der Waals surface area (Å²) in [6.45, 7) is 0.978. The van der Waals surface area contributed by atoms with Crippen LogP contribution in [0.1, 0.15) is 10.5 Å². The van der Waals surface area contributed by atoms with E-state index in [0.29, 0.717) is 28.8 Å². The number of aromatic nitrogens is 3. The second-order valence-corrected chi connectivity index (χ2v) is 4.49. The normalized spacial score (nSPS) is 10.4. The predicted molar refractivity (Wildman–Crippen MR) is 71.9 cm³/mol. The van der Waals surface area contributed by atoms with Crippen LogP contribution in [0.3, 0.4) is 0 Å². The molecule has 1 heterocycles. The molecule has 2 rings (SSSR count). The fourth-order valence-electron chi connectivity index (χ4n) is 1.45. The molecule has 0 aliphatic heterocycles. The summed E-state index contributed by atoms with van der Waals surface area (Å²) in [6.07, 6.45) is 1.36. The zero-order chi connectivity index (χ0) is 13.8. The molecule has 6 nitrogen and oxygen atoms in total. The number of rotatable bonds is 5. The van der Waals surface area contributed by atoms with Crippen molar-refractivity contribution in [3.05, 3.63) is 40.1 Å². The number of carboxylic acid groups (broad SMARTS) is 1. The van der Waals surface area contributed by atoms with E-state index >= 15 is 0 Å². The molecule has 8 heteroatoms. The number of nitrogens with zero attached hydrogens (tertiary/aromatic N) is 3. The van der Waals surface area contributed by atoms with Crippen LogP contribution in [0.2, 0.25) is 10.0 Å². The summed E-state index contributed by atoms with van der Waals surface area (Å²) >= 11 is 11.9. The number of carboxylic acids is 1. The standard InChI is InChI=1S/C11H10Cl2N4O2/c12-7-2-1-3-8(10(7)13)14-4-5-17-6-9(11(18)19)15-16-17/h1-3,6,14H,4-5H2,(H,18,19). The van der Waals surface area contributed by atoms with Crippen LogP contribution in [0.4, 0.5) is 5.69 Å². The molecule has 1 aromatic heterocycles. The molecule has 0 fully saturated rings. The van der Waals surface area contributed by atoms with Gasteiger partial charge in [-0.3, -0.25) is 0 Å². The highest BCUT2D eigenvalue weighted by Gasteiger charge is 2.08. The lowest BCUT2D eigenvalue weighted by molar-refractivity contribution is 0.0690. The van der Waals surface area contributed by atoms with Crippen LogP contribution in [0.5, 0.6) is 0 Å². The molecular formula is C11H10Cl2N4O2. The van der Waals surface area contributed by atoms with Crippen LogP contribution in [0, 0.1) is 0 Å². The van der Waals surface area contributed by atoms with Crippen molar-refractivity contribution in [3.8, 4) is 0 Å². The summed E-state index contributed by atoms with van der Waals surface area (Å²) in [5.41, 5.74) is 0.633. The predicted octanol–water partition coefficient (Wildman–Crippen LogP) is 2.40. The molecule has 0 unspecified atom stereocenters. The van der Waals surface area contributed by atoms with Crippen molar-refractivity contribution >= 4 is 34.9 Å². The Labute approximate surface area is 118 Å². The average Bonchev–Trinajstić information content (AvgIpc) is 2.83. The third kappa shape index (κ3) is 3.36. The monoisotopic (exact) mass is 300 g/mol. The molecule has 0 spiro atoms. The quantitative estimate of drug-likeness (QED) is 0.886. The van der Waals surface area contributed by atoms with Crippen molar-refractivity contribution < 1.29 is 9.90 Å². The van der Waals surface area contributed by atoms with Crippen LogP contribution in [-0.2, 0) is 6.54 Å². The van der Waals surface area contributed by atoms with Gasteiger partial charge >= 0.3 is 5.97 Å². The number of hydrogen-bond donors (Lipinski definition) is 2. The van der Waals surface area contributed by atoms with E-state index in [1.807, 2.05) is 0 Å². The molecular weight excluding hydrogens is 291 g/mol. The number of carbonyl (C=O) groups is 1. The number of hydrogen-bond acceptors (Lipinski definition) is 4. The van der Waals surface area contributed by atoms with Crippen molar-refractivity contribution in [3.63, 3.8) is 0 Å². The molecule has 19 heavy (non-hydrogen) atoms. The highest BCUT2D eigenvalue weighted by molar-refractivity contribution is 6.43. The first-order valence-corrected chi connectivity index (χ1v) is 6.15. The first kappa shape index (κ1) is 13.6. The Morgan fingerprint density at radius 3 is 2.89 bits per heavy atom. The zero-order valence-corrected chi connectivity index (χ0v) is 11.2. The maximum Gasteiger partial charge on any atom is 0.358 e. The lowest BCUT2D eigenvalue weighted by atomic mass is 10.3. The summed E-state index contributed by atoms with van der Waals surface area (Å²) in [7, 11) is 0. The van der Waals surface area contributed by atoms with E-state index in [1.165, 1.54) is 10.9 Å². The van der Waals surface area contributed by atoms with E-state index in [0.717, 1.165) is 0 Å². The van der Waals surface area contributed by atoms with Crippen LogP contribution < -0.4 is 5.32 Å². The van der Waals surface area contributed by atoms with Gasteiger partial charge in [-0.1, -0.05) is 34.5 Å². The number of anilines is 1. The zero-order valence-electron chi connectivity index (χ0n) is 9.68. The lowest BCUT2D eigenvalue weighted by Gasteiger charge is -2.08. The van der Waals surface area contributed by atoms with E-state index < -0.39 is 5.97 Å². The van der Waals surface area contributed by atoms with Crippen LogP contribution in [-0.4, -0.2) is 32.6 Å². The molecule has 0 atom stereocenters. The summed E-state index contributed by atoms with van der Waals surface area (Å²) in [5.74, 6) is -1.10. The highest BCUT2D eigenvalue weighted by atomic mass is 35.5. The Morgan fingerprint density at radius 1 is 1.42 bits per heavy atom. The maximum absolute atomic E-state index is 10.6. The molecule has 0 amide bonds. The molecule has 100 valence electrons. The molecule has 0 aliphatic carbocycles. The van der Waals surface area contributed by atoms with Gasteiger partial charge in [0.15, 0.2) is 5.69 Å². The van der Waals surface area contributed by atoms with Crippen LogP contribution in [0.25, 0.3) is 0 Å². The Balaban J connectivity index is 1.92. The third-order valence-corrected chi connectivity index (χ3v) is 3.18. The average molecular weight is 301 g/mol. The first-order valence-electron chi connectivity index (χ1n) is 5.39. The van der Waals surface area contributed by atoms with Gasteiger partial charge in [-0.25, -0.2) is 9.48 Å². The van der Waals surface area contributed by atoms with E-state index in [2.05, 4.69) is 15.6 Å². The molecule has 0 saturated heterocycles. The topological polar surface area (TPSA) is 80.0 Å². The van der Waals surface area contributed by atoms with Crippen LogP contribution in [0.15, 0.2) is 24.4 Å². The van der Waals surface area contributed by atoms with E-state index in [4.69, 9.17) is 28.3 Å². The minimum atomic E-state index is -1.10. The summed E-state index contributed by atoms with van der Waals surface area (Å²) in [6, 6.07) is 5.29. The fourth-order valence-corrected chi connectivity index (χ4v) is 1.82. The van der Waals surface area contributed by atoms with Gasteiger partial charge in [-0.15, -0.1) is 5.10 Å². The lowest BCUT2D eigenvalue weighted by Crippen LogP contribution is -2.11. The Bertz CT molecular complexity index is 600. The summed E-state index contributed by atoms with van der Waals surface area (Å²) in [4.78, 5) is 10.6.